The molecule has 0 fully saturated rings. The van der Waals surface area contributed by atoms with E-state index < -0.39 is 8.07 Å². The van der Waals surface area contributed by atoms with Gasteiger partial charge in [0.25, 0.3) is 0 Å². The number of benzene rings is 2. The lowest BCUT2D eigenvalue weighted by atomic mass is 10.1. The van der Waals surface area contributed by atoms with Gasteiger partial charge in [0, 0.05) is 16.4 Å². The summed E-state index contributed by atoms with van der Waals surface area (Å²) in [6.07, 6.45) is 0. The van der Waals surface area contributed by atoms with Crippen molar-refractivity contribution in [1.29, 1.82) is 0 Å². The van der Waals surface area contributed by atoms with Gasteiger partial charge in [-0.25, -0.2) is 0 Å². The highest BCUT2D eigenvalue weighted by Gasteiger charge is 2.50. The van der Waals surface area contributed by atoms with Gasteiger partial charge in [0.2, 0.25) is 0 Å². The van der Waals surface area contributed by atoms with E-state index in [0.29, 0.717) is 16.6 Å². The Bertz CT molecular complexity index is 791. The van der Waals surface area contributed by atoms with Crippen LogP contribution in [0.15, 0.2) is 48.5 Å². The number of anilines is 1. The smallest absolute Gasteiger partial charge is 0.118 e. The third-order valence-corrected chi connectivity index (χ3v) is 13.4. The molecule has 0 bridgehead atoms. The zero-order chi connectivity index (χ0) is 20.0. The molecule has 1 heterocycles. The molecule has 0 spiro atoms. The van der Waals surface area contributed by atoms with Crippen molar-refractivity contribution in [2.75, 3.05) is 12.0 Å². The summed E-state index contributed by atoms with van der Waals surface area (Å²) in [4.78, 5) is 2.76. The Morgan fingerprint density at radius 3 is 2.11 bits per heavy atom. The molecular formula is C23H34NOPSi. The first-order valence-electron chi connectivity index (χ1n) is 9.86. The van der Waals surface area contributed by atoms with Gasteiger partial charge in [0.1, 0.15) is 5.75 Å². The van der Waals surface area contributed by atoms with Crippen LogP contribution in [0.25, 0.3) is 0 Å². The molecule has 1 aliphatic rings. The topological polar surface area (TPSA) is 12.5 Å². The lowest BCUT2D eigenvalue weighted by Crippen LogP contribution is -2.50. The average molecular weight is 400 g/mol. The fourth-order valence-electron chi connectivity index (χ4n) is 4.27. The van der Waals surface area contributed by atoms with Gasteiger partial charge in [0.05, 0.1) is 21.2 Å². The molecule has 27 heavy (non-hydrogen) atoms. The van der Waals surface area contributed by atoms with Crippen molar-refractivity contribution in [2.45, 2.75) is 63.9 Å². The molecule has 1 aliphatic heterocycles. The molecule has 2 nitrogen and oxygen atoms in total. The van der Waals surface area contributed by atoms with Crippen LogP contribution in [0.2, 0.25) is 19.6 Å². The molecular weight excluding hydrogens is 365 g/mol. The molecule has 4 heteroatoms. The van der Waals surface area contributed by atoms with Gasteiger partial charge in [-0.1, -0.05) is 70.7 Å². The zero-order valence-electron chi connectivity index (χ0n) is 18.1. The van der Waals surface area contributed by atoms with Crippen LogP contribution in [0.1, 0.15) is 39.3 Å². The number of hydrogen-bond donors (Lipinski definition) is 0. The molecule has 0 aromatic heterocycles. The summed E-state index contributed by atoms with van der Waals surface area (Å²) >= 11 is 0. The molecule has 0 amide bonds. The van der Waals surface area contributed by atoms with Gasteiger partial charge in [-0.15, -0.1) is 0 Å². The molecule has 1 unspecified atom stereocenters. The second-order valence-electron chi connectivity index (χ2n) is 9.63. The Labute approximate surface area is 167 Å². The number of hydrogen-bond acceptors (Lipinski definition) is 2. The molecule has 0 N–H and O–H groups in total. The Morgan fingerprint density at radius 1 is 1.00 bits per heavy atom. The quantitative estimate of drug-likeness (QED) is 0.436. The van der Waals surface area contributed by atoms with Gasteiger partial charge in [-0.2, -0.15) is 0 Å². The summed E-state index contributed by atoms with van der Waals surface area (Å²) in [6, 6.07) is 18.1. The highest BCUT2D eigenvalue weighted by molar-refractivity contribution is 7.71. The average Bonchev–Trinajstić information content (AvgIpc) is 2.97. The predicted octanol–water partition coefficient (Wildman–Crippen LogP) is 6.39. The van der Waals surface area contributed by atoms with Crippen LogP contribution in [-0.4, -0.2) is 25.7 Å². The van der Waals surface area contributed by atoms with Crippen molar-refractivity contribution in [3.63, 3.8) is 0 Å². The lowest BCUT2D eigenvalue weighted by molar-refractivity contribution is 0.414. The van der Waals surface area contributed by atoms with Crippen LogP contribution in [-0.2, 0) is 0 Å². The first-order valence-corrected chi connectivity index (χ1v) is 14.8. The van der Waals surface area contributed by atoms with Crippen LogP contribution in [0, 0.1) is 0 Å². The van der Waals surface area contributed by atoms with Crippen LogP contribution >= 0.6 is 7.92 Å². The Hall–Kier alpha value is -1.31. The number of para-hydroxylation sites is 1. The lowest BCUT2D eigenvalue weighted by Gasteiger charge is -2.45. The summed E-state index contributed by atoms with van der Waals surface area (Å²) in [7, 11) is 0.0258. The minimum Gasteiger partial charge on any atom is -0.497 e. The van der Waals surface area contributed by atoms with Gasteiger partial charge >= 0.3 is 0 Å². The second kappa shape index (κ2) is 7.26. The Balaban J connectivity index is 2.13. The van der Waals surface area contributed by atoms with E-state index in [1.807, 2.05) is 0 Å². The highest BCUT2D eigenvalue weighted by atomic mass is 31.1. The van der Waals surface area contributed by atoms with E-state index in [1.165, 1.54) is 11.3 Å². The maximum absolute atomic E-state index is 5.36. The SMILES string of the molecule is COc1ccc([C@H](C)N2c3ccccc3P(C(C)(C)C)[C@@H]2[Si](C)(C)C)cc1. The Morgan fingerprint density at radius 2 is 1.59 bits per heavy atom. The summed E-state index contributed by atoms with van der Waals surface area (Å²) in [5.41, 5.74) is 2.81. The summed E-state index contributed by atoms with van der Waals surface area (Å²) in [5.74, 6) is 0.923. The van der Waals surface area contributed by atoms with Gasteiger partial charge in [-0.3, -0.25) is 0 Å². The third-order valence-electron chi connectivity index (χ3n) is 5.44. The minimum atomic E-state index is -1.44. The molecule has 3 rings (SSSR count). The van der Waals surface area contributed by atoms with E-state index in [-0.39, 0.29) is 7.92 Å². The van der Waals surface area contributed by atoms with Gasteiger partial charge in [-0.05, 0) is 43.8 Å². The van der Waals surface area contributed by atoms with Crippen molar-refractivity contribution < 1.29 is 4.74 Å². The van der Waals surface area contributed by atoms with E-state index in [9.17, 15) is 0 Å². The van der Waals surface area contributed by atoms with Crippen molar-refractivity contribution in [3.8, 4) is 5.75 Å². The van der Waals surface area contributed by atoms with Gasteiger partial charge in [0.15, 0.2) is 0 Å². The van der Waals surface area contributed by atoms with Crippen LogP contribution < -0.4 is 14.9 Å². The molecule has 0 saturated heterocycles. The van der Waals surface area contributed by atoms with Crippen molar-refractivity contribution in [3.05, 3.63) is 54.1 Å². The summed E-state index contributed by atoms with van der Waals surface area (Å²) in [6.45, 7) is 17.3. The van der Waals surface area contributed by atoms with Crippen LogP contribution in [0.4, 0.5) is 5.69 Å². The standard InChI is InChI=1S/C23H34NOPSi/c1-17(18-13-15-19(25-5)16-14-18)24-20-11-9-10-12-21(20)26(23(2,3)4)22(24)27(6,7)8/h9-17,22H,1-8H3/t17-,22+,26?/m0/s1. The summed E-state index contributed by atoms with van der Waals surface area (Å²) in [5, 5.41) is 2.53. The highest BCUT2D eigenvalue weighted by Crippen LogP contribution is 2.63. The van der Waals surface area contributed by atoms with Crippen molar-refractivity contribution >= 4 is 27.0 Å². The number of fused-ring (bicyclic) bond motifs is 1. The molecule has 0 aliphatic carbocycles. The predicted molar refractivity (Wildman–Crippen MR) is 124 cm³/mol. The monoisotopic (exact) mass is 399 g/mol. The normalized spacial score (nSPS) is 21.1. The summed E-state index contributed by atoms with van der Waals surface area (Å²) < 4.78 is 5.36. The fourth-order valence-corrected chi connectivity index (χ4v) is 13.1. The molecule has 0 radical (unpaired) electrons. The van der Waals surface area contributed by atoms with Crippen LogP contribution in [0.3, 0.4) is 0 Å². The van der Waals surface area contributed by atoms with E-state index in [0.717, 1.165) is 5.75 Å². The number of ether oxygens (including phenoxy) is 1. The molecule has 146 valence electrons. The van der Waals surface area contributed by atoms with Crippen LogP contribution in [0.5, 0.6) is 5.75 Å². The number of nitrogens with zero attached hydrogens (tertiary/aromatic N) is 1. The van der Waals surface area contributed by atoms with E-state index in [2.05, 4.69) is 101 Å². The third kappa shape index (κ3) is 3.82. The molecule has 0 saturated carbocycles. The molecule has 2 aromatic rings. The first-order chi connectivity index (χ1) is 12.6. The van der Waals surface area contributed by atoms with E-state index in [4.69, 9.17) is 4.74 Å². The number of rotatable bonds is 4. The molecule has 2 aromatic carbocycles. The van der Waals surface area contributed by atoms with Crippen molar-refractivity contribution in [1.82, 2.24) is 0 Å². The number of methoxy groups -OCH3 is 1. The Kier molecular flexibility index (Phi) is 5.49. The minimum absolute atomic E-state index is 0.262. The maximum atomic E-state index is 5.36. The zero-order valence-corrected chi connectivity index (χ0v) is 20.0. The fraction of sp³-hybridized carbons (Fsp3) is 0.478. The second-order valence-corrected chi connectivity index (χ2v) is 18.4. The van der Waals surface area contributed by atoms with E-state index >= 15 is 0 Å². The van der Waals surface area contributed by atoms with E-state index in [1.54, 1.807) is 12.4 Å². The van der Waals surface area contributed by atoms with Crippen molar-refractivity contribution in [2.24, 2.45) is 0 Å². The first kappa shape index (κ1) is 20.4. The van der Waals surface area contributed by atoms with Gasteiger partial charge < -0.3 is 9.64 Å². The maximum Gasteiger partial charge on any atom is 0.118 e. The molecule has 3 atom stereocenters. The largest absolute Gasteiger partial charge is 0.497 e.